The summed E-state index contributed by atoms with van der Waals surface area (Å²) in [5.41, 5.74) is 3.91. The topological polar surface area (TPSA) is 61.9 Å². The van der Waals surface area contributed by atoms with Crippen molar-refractivity contribution in [2.24, 2.45) is 5.92 Å². The molecule has 5 heteroatoms. The predicted octanol–water partition coefficient (Wildman–Crippen LogP) is 2.52. The molecule has 0 unspecified atom stereocenters. The molecule has 0 saturated carbocycles. The summed E-state index contributed by atoms with van der Waals surface area (Å²) in [6, 6.07) is 3.81. The van der Waals surface area contributed by atoms with E-state index in [1.807, 2.05) is 30.2 Å². The number of H-pyrrole nitrogens is 1. The van der Waals surface area contributed by atoms with Crippen molar-refractivity contribution >= 4 is 5.91 Å². The molecule has 1 fully saturated rings. The lowest BCUT2D eigenvalue weighted by molar-refractivity contribution is 0.0666. The Morgan fingerprint density at radius 1 is 1.41 bits per heavy atom. The van der Waals surface area contributed by atoms with Gasteiger partial charge in [0.1, 0.15) is 5.69 Å². The molecule has 22 heavy (non-hydrogen) atoms. The lowest BCUT2D eigenvalue weighted by atomic mass is 9.92. The first-order valence-corrected chi connectivity index (χ1v) is 7.85. The number of rotatable bonds is 3. The highest BCUT2D eigenvalue weighted by molar-refractivity contribution is 5.93. The Balaban J connectivity index is 1.69. The number of likely N-dealkylation sites (tertiary alicyclic amines) is 1. The molecule has 5 nitrogen and oxygen atoms in total. The number of piperidine rings is 1. The van der Waals surface area contributed by atoms with Gasteiger partial charge in [0.2, 0.25) is 0 Å². The number of amides is 1. The van der Waals surface area contributed by atoms with Crippen LogP contribution in [0, 0.1) is 19.8 Å². The van der Waals surface area contributed by atoms with Gasteiger partial charge in [0.15, 0.2) is 0 Å². The van der Waals surface area contributed by atoms with Crippen LogP contribution in [0.4, 0.5) is 0 Å². The van der Waals surface area contributed by atoms with Crippen molar-refractivity contribution in [3.63, 3.8) is 0 Å². The van der Waals surface area contributed by atoms with E-state index in [0.717, 1.165) is 37.9 Å². The zero-order valence-corrected chi connectivity index (χ0v) is 13.2. The third kappa shape index (κ3) is 3.03. The first-order valence-electron chi connectivity index (χ1n) is 7.85. The maximum absolute atomic E-state index is 12.7. The van der Waals surface area contributed by atoms with Crippen molar-refractivity contribution in [2.75, 3.05) is 13.1 Å². The molecule has 116 valence electrons. The molecule has 0 aliphatic carbocycles. The van der Waals surface area contributed by atoms with E-state index in [9.17, 15) is 4.79 Å². The second kappa shape index (κ2) is 6.30. The van der Waals surface area contributed by atoms with E-state index in [0.29, 0.717) is 11.6 Å². The number of aromatic nitrogens is 3. The van der Waals surface area contributed by atoms with Gasteiger partial charge in [-0.3, -0.25) is 14.9 Å². The van der Waals surface area contributed by atoms with Crippen LogP contribution in [0.1, 0.15) is 40.2 Å². The molecule has 1 atom stereocenters. The smallest absolute Gasteiger partial charge is 0.272 e. The molecule has 1 aliphatic rings. The van der Waals surface area contributed by atoms with Gasteiger partial charge in [-0.1, -0.05) is 6.07 Å². The SMILES string of the molecule is Cc1cccnc1C(=O)N1CCC[C@@H](Cc2[nH]ncc2C)C1. The standard InChI is InChI=1S/C17H22N4O/c1-12-5-3-7-18-16(12)17(22)21-8-4-6-14(11-21)9-15-13(2)10-19-20-15/h3,5,7,10,14H,4,6,8-9,11H2,1-2H3,(H,19,20)/t14-/m0/s1. The van der Waals surface area contributed by atoms with Gasteiger partial charge in [-0.25, -0.2) is 0 Å². The average Bonchev–Trinajstić information content (AvgIpc) is 2.92. The molecular weight excluding hydrogens is 276 g/mol. The molecule has 0 bridgehead atoms. The highest BCUT2D eigenvalue weighted by atomic mass is 16.2. The first kappa shape index (κ1) is 14.8. The van der Waals surface area contributed by atoms with Gasteiger partial charge in [0, 0.05) is 25.0 Å². The fourth-order valence-electron chi connectivity index (χ4n) is 3.14. The summed E-state index contributed by atoms with van der Waals surface area (Å²) in [6.45, 7) is 5.64. The Labute approximate surface area is 130 Å². The Morgan fingerprint density at radius 3 is 3.00 bits per heavy atom. The molecule has 1 amide bonds. The summed E-state index contributed by atoms with van der Waals surface area (Å²) in [7, 11) is 0. The average molecular weight is 298 g/mol. The van der Waals surface area contributed by atoms with Gasteiger partial charge >= 0.3 is 0 Å². The maximum Gasteiger partial charge on any atom is 0.272 e. The van der Waals surface area contributed by atoms with Crippen LogP contribution in [0.2, 0.25) is 0 Å². The fraction of sp³-hybridized carbons (Fsp3) is 0.471. The third-order valence-corrected chi connectivity index (χ3v) is 4.44. The quantitative estimate of drug-likeness (QED) is 0.947. The number of carbonyl (C=O) groups is 1. The van der Waals surface area contributed by atoms with Gasteiger partial charge < -0.3 is 4.90 Å². The van der Waals surface area contributed by atoms with Crippen molar-refractivity contribution < 1.29 is 4.79 Å². The highest BCUT2D eigenvalue weighted by Gasteiger charge is 2.26. The number of nitrogens with zero attached hydrogens (tertiary/aromatic N) is 3. The van der Waals surface area contributed by atoms with Crippen molar-refractivity contribution in [1.29, 1.82) is 0 Å². The van der Waals surface area contributed by atoms with Gasteiger partial charge in [-0.2, -0.15) is 5.10 Å². The van der Waals surface area contributed by atoms with E-state index < -0.39 is 0 Å². The van der Waals surface area contributed by atoms with Crippen molar-refractivity contribution in [2.45, 2.75) is 33.1 Å². The van der Waals surface area contributed by atoms with Crippen LogP contribution >= 0.6 is 0 Å². The van der Waals surface area contributed by atoms with Crippen LogP contribution in [0.25, 0.3) is 0 Å². The minimum absolute atomic E-state index is 0.0594. The van der Waals surface area contributed by atoms with Crippen molar-refractivity contribution in [3.05, 3.63) is 47.0 Å². The number of hydrogen-bond acceptors (Lipinski definition) is 3. The van der Waals surface area contributed by atoms with Crippen LogP contribution < -0.4 is 0 Å². The van der Waals surface area contributed by atoms with Crippen LogP contribution in [0.5, 0.6) is 0 Å². The molecule has 3 heterocycles. The van der Waals surface area contributed by atoms with Gasteiger partial charge in [0.05, 0.1) is 6.20 Å². The normalized spacial score (nSPS) is 18.5. The van der Waals surface area contributed by atoms with Crippen LogP contribution in [0.15, 0.2) is 24.5 Å². The third-order valence-electron chi connectivity index (χ3n) is 4.44. The van der Waals surface area contributed by atoms with E-state index in [2.05, 4.69) is 22.1 Å². The van der Waals surface area contributed by atoms with Gasteiger partial charge in [0.25, 0.3) is 5.91 Å². The van der Waals surface area contributed by atoms with E-state index in [-0.39, 0.29) is 5.91 Å². The molecule has 1 N–H and O–H groups in total. The summed E-state index contributed by atoms with van der Waals surface area (Å²) >= 11 is 0. The van der Waals surface area contributed by atoms with E-state index in [4.69, 9.17) is 0 Å². The Kier molecular flexibility index (Phi) is 4.22. The molecule has 1 aliphatic heterocycles. The minimum atomic E-state index is 0.0594. The summed E-state index contributed by atoms with van der Waals surface area (Å²) in [6.07, 6.45) is 6.71. The Hall–Kier alpha value is -2.17. The minimum Gasteiger partial charge on any atom is -0.337 e. The largest absolute Gasteiger partial charge is 0.337 e. The number of aryl methyl sites for hydroxylation is 2. The second-order valence-electron chi connectivity index (χ2n) is 6.16. The van der Waals surface area contributed by atoms with Crippen molar-refractivity contribution in [3.8, 4) is 0 Å². The molecule has 0 spiro atoms. The molecule has 0 aromatic carbocycles. The lowest BCUT2D eigenvalue weighted by Crippen LogP contribution is -2.41. The van der Waals surface area contributed by atoms with Gasteiger partial charge in [-0.05, 0) is 56.2 Å². The zero-order chi connectivity index (χ0) is 15.5. The number of aromatic amines is 1. The lowest BCUT2D eigenvalue weighted by Gasteiger charge is -2.32. The monoisotopic (exact) mass is 298 g/mol. The summed E-state index contributed by atoms with van der Waals surface area (Å²) in [5, 5.41) is 7.16. The van der Waals surface area contributed by atoms with Crippen LogP contribution in [-0.4, -0.2) is 39.1 Å². The second-order valence-corrected chi connectivity index (χ2v) is 6.16. The summed E-state index contributed by atoms with van der Waals surface area (Å²) in [4.78, 5) is 18.9. The van der Waals surface area contributed by atoms with E-state index >= 15 is 0 Å². The molecule has 3 rings (SSSR count). The summed E-state index contributed by atoms with van der Waals surface area (Å²) in [5.74, 6) is 0.546. The number of carbonyl (C=O) groups excluding carboxylic acids is 1. The Morgan fingerprint density at radius 2 is 2.27 bits per heavy atom. The molecule has 2 aromatic heterocycles. The predicted molar refractivity (Wildman–Crippen MR) is 84.6 cm³/mol. The maximum atomic E-state index is 12.7. The molecule has 1 saturated heterocycles. The van der Waals surface area contributed by atoms with E-state index in [1.165, 1.54) is 11.3 Å². The highest BCUT2D eigenvalue weighted by Crippen LogP contribution is 2.22. The molecule has 0 radical (unpaired) electrons. The molecule has 2 aromatic rings. The van der Waals surface area contributed by atoms with Crippen LogP contribution in [-0.2, 0) is 6.42 Å². The van der Waals surface area contributed by atoms with Crippen LogP contribution in [0.3, 0.4) is 0 Å². The van der Waals surface area contributed by atoms with E-state index in [1.54, 1.807) is 6.20 Å². The summed E-state index contributed by atoms with van der Waals surface area (Å²) < 4.78 is 0. The molecular formula is C17H22N4O. The Bertz CT molecular complexity index is 664. The van der Waals surface area contributed by atoms with Gasteiger partial charge in [-0.15, -0.1) is 0 Å². The van der Waals surface area contributed by atoms with Crippen molar-refractivity contribution in [1.82, 2.24) is 20.1 Å². The fourth-order valence-corrected chi connectivity index (χ4v) is 3.14. The number of nitrogens with one attached hydrogen (secondary N) is 1. The zero-order valence-electron chi connectivity index (χ0n) is 13.2. The number of pyridine rings is 1. The number of hydrogen-bond donors (Lipinski definition) is 1. The first-order chi connectivity index (χ1) is 10.6.